The summed E-state index contributed by atoms with van der Waals surface area (Å²) in [4.78, 5) is 11.1. The van der Waals surface area contributed by atoms with Gasteiger partial charge < -0.3 is 9.84 Å². The van der Waals surface area contributed by atoms with Crippen LogP contribution in [0, 0.1) is 0 Å². The van der Waals surface area contributed by atoms with Crippen LogP contribution in [0.15, 0.2) is 0 Å². The van der Waals surface area contributed by atoms with Gasteiger partial charge in [-0.25, -0.2) is 4.79 Å². The van der Waals surface area contributed by atoms with E-state index in [-0.39, 0.29) is 17.9 Å². The van der Waals surface area contributed by atoms with Gasteiger partial charge in [-0.1, -0.05) is 0 Å². The molecule has 0 aromatic carbocycles. The predicted molar refractivity (Wildman–Crippen MR) is 43.5 cm³/mol. The normalized spacial score (nSPS) is 27.0. The molecule has 0 aromatic heterocycles. The average Bonchev–Trinajstić information content (AvgIpc) is 2.50. The van der Waals surface area contributed by atoms with Gasteiger partial charge in [0.25, 0.3) is 6.04 Å². The van der Waals surface area contributed by atoms with Crippen LogP contribution in [0.1, 0.15) is 19.8 Å². The van der Waals surface area contributed by atoms with Crippen LogP contribution >= 0.6 is 0 Å². The zero-order chi connectivity index (χ0) is 9.14. The Morgan fingerprint density at radius 2 is 2.33 bits per heavy atom. The summed E-state index contributed by atoms with van der Waals surface area (Å²) in [6, 6.07) is -0.278. The van der Waals surface area contributed by atoms with Gasteiger partial charge in [0.2, 0.25) is 0 Å². The molecule has 0 spiro atoms. The summed E-state index contributed by atoms with van der Waals surface area (Å²) in [6.07, 6.45) is 1.70. The van der Waals surface area contributed by atoms with E-state index >= 15 is 0 Å². The highest BCUT2D eigenvalue weighted by atomic mass is 16.5. The van der Waals surface area contributed by atoms with Gasteiger partial charge in [-0.2, -0.15) is 4.58 Å². The van der Waals surface area contributed by atoms with Crippen molar-refractivity contribution >= 4 is 11.9 Å². The second-order valence-electron chi connectivity index (χ2n) is 2.92. The summed E-state index contributed by atoms with van der Waals surface area (Å²) in [5, 5.41) is 9.20. The number of nitrogens with zero attached hydrogens (tertiary/aromatic N) is 1. The minimum absolute atomic E-state index is 0.197. The molecule has 0 aromatic rings. The van der Waals surface area contributed by atoms with Crippen molar-refractivity contribution < 1.29 is 19.2 Å². The van der Waals surface area contributed by atoms with E-state index in [1.165, 1.54) is 7.11 Å². The van der Waals surface area contributed by atoms with E-state index in [1.807, 2.05) is 0 Å². The molecule has 1 saturated heterocycles. The molecule has 0 saturated carbocycles. The van der Waals surface area contributed by atoms with Crippen molar-refractivity contribution in [3.8, 4) is 0 Å². The molecule has 1 heterocycles. The zero-order valence-corrected chi connectivity index (χ0v) is 7.41. The van der Waals surface area contributed by atoms with Crippen molar-refractivity contribution in [3.05, 3.63) is 0 Å². The van der Waals surface area contributed by atoms with Crippen molar-refractivity contribution in [1.29, 1.82) is 0 Å². The molecule has 0 amide bonds. The number of hydrogen-bond acceptors (Lipinski definition) is 2. The fourth-order valence-electron chi connectivity index (χ4n) is 1.54. The topological polar surface area (TPSA) is 49.5 Å². The number of carbonyl (C=O) groups excluding carboxylic acids is 1. The highest BCUT2D eigenvalue weighted by Crippen LogP contribution is 2.13. The molecule has 0 radical (unpaired) electrons. The molecule has 68 valence electrons. The van der Waals surface area contributed by atoms with E-state index in [0.29, 0.717) is 0 Å². The fourth-order valence-corrected chi connectivity index (χ4v) is 1.54. The molecule has 1 N–H and O–H groups in total. The van der Waals surface area contributed by atoms with Crippen LogP contribution in [0.2, 0.25) is 0 Å². The Hall–Kier alpha value is -1.06. The molecular formula is C8H14NO3+. The highest BCUT2D eigenvalue weighted by Gasteiger charge is 2.37. The quantitative estimate of drug-likeness (QED) is 0.352. The largest absolute Gasteiger partial charge is 0.464 e. The van der Waals surface area contributed by atoms with Crippen molar-refractivity contribution in [2.75, 3.05) is 13.7 Å². The number of ether oxygens (including phenoxy) is 1. The van der Waals surface area contributed by atoms with Gasteiger partial charge in [-0.3, -0.25) is 0 Å². The number of rotatable bonds is 1. The standard InChI is InChI=1S/C8H13NO3/c1-6(10)9-5-3-4-7(9)8(11)12-2/h7H,3-5H2,1-2H3/p+1/t7-/m0/s1. The first-order valence-corrected chi connectivity index (χ1v) is 4.04. The molecule has 4 nitrogen and oxygen atoms in total. The lowest BCUT2D eigenvalue weighted by Crippen LogP contribution is -2.33. The minimum Gasteiger partial charge on any atom is -0.464 e. The minimum atomic E-state index is -0.278. The van der Waals surface area contributed by atoms with E-state index in [1.54, 1.807) is 11.5 Å². The lowest BCUT2D eigenvalue weighted by Gasteiger charge is -2.04. The van der Waals surface area contributed by atoms with Gasteiger partial charge >= 0.3 is 11.9 Å². The van der Waals surface area contributed by atoms with E-state index in [2.05, 4.69) is 4.74 Å². The SMILES string of the molecule is COC(=O)[C@@H]1CCC[N+]1=C(C)O. The van der Waals surface area contributed by atoms with E-state index < -0.39 is 0 Å². The van der Waals surface area contributed by atoms with Crippen LogP contribution in [0.5, 0.6) is 0 Å². The van der Waals surface area contributed by atoms with E-state index in [9.17, 15) is 9.90 Å². The molecule has 4 heteroatoms. The summed E-state index contributed by atoms with van der Waals surface area (Å²) < 4.78 is 6.28. The molecule has 0 aliphatic carbocycles. The Labute approximate surface area is 71.5 Å². The maximum Gasteiger partial charge on any atom is 0.375 e. The molecule has 1 atom stereocenters. The van der Waals surface area contributed by atoms with Crippen molar-refractivity contribution in [3.63, 3.8) is 0 Å². The van der Waals surface area contributed by atoms with Gasteiger partial charge in [-0.15, -0.1) is 0 Å². The maximum absolute atomic E-state index is 11.1. The number of aliphatic hydroxyl groups is 1. The first-order valence-electron chi connectivity index (χ1n) is 4.04. The molecule has 0 bridgehead atoms. The number of aliphatic hydroxyl groups excluding tert-OH is 1. The smallest absolute Gasteiger partial charge is 0.375 e. The van der Waals surface area contributed by atoms with Crippen LogP contribution in [-0.4, -0.2) is 41.2 Å². The van der Waals surface area contributed by atoms with Gasteiger partial charge in [-0.05, 0) is 0 Å². The molecule has 1 rings (SSSR count). The number of methoxy groups -OCH3 is 1. The third kappa shape index (κ3) is 1.57. The van der Waals surface area contributed by atoms with Gasteiger partial charge in [0, 0.05) is 12.8 Å². The Morgan fingerprint density at radius 3 is 2.83 bits per heavy atom. The van der Waals surface area contributed by atoms with Crippen LogP contribution in [0.25, 0.3) is 0 Å². The molecule has 1 fully saturated rings. The second-order valence-corrected chi connectivity index (χ2v) is 2.92. The molecule has 12 heavy (non-hydrogen) atoms. The Balaban J connectivity index is 2.78. The van der Waals surface area contributed by atoms with Crippen molar-refractivity contribution in [2.24, 2.45) is 0 Å². The van der Waals surface area contributed by atoms with E-state index in [0.717, 1.165) is 19.4 Å². The summed E-state index contributed by atoms with van der Waals surface area (Å²) in [7, 11) is 1.37. The highest BCUT2D eigenvalue weighted by molar-refractivity contribution is 5.76. The van der Waals surface area contributed by atoms with E-state index in [4.69, 9.17) is 0 Å². The predicted octanol–water partition coefficient (Wildman–Crippen LogP) is 0.311. The van der Waals surface area contributed by atoms with Crippen molar-refractivity contribution in [2.45, 2.75) is 25.8 Å². The van der Waals surface area contributed by atoms with Crippen LogP contribution in [-0.2, 0) is 9.53 Å². The number of hydrogen-bond donors (Lipinski definition) is 1. The first-order chi connectivity index (χ1) is 5.66. The van der Waals surface area contributed by atoms with Crippen LogP contribution in [0.3, 0.4) is 0 Å². The molecule has 0 unspecified atom stereocenters. The third-order valence-corrected chi connectivity index (χ3v) is 2.14. The second kappa shape index (κ2) is 3.56. The monoisotopic (exact) mass is 172 g/mol. The third-order valence-electron chi connectivity index (χ3n) is 2.14. The lowest BCUT2D eigenvalue weighted by molar-refractivity contribution is -0.540. The summed E-state index contributed by atoms with van der Waals surface area (Å²) in [5.41, 5.74) is 0. The zero-order valence-electron chi connectivity index (χ0n) is 7.41. The van der Waals surface area contributed by atoms with Crippen LogP contribution < -0.4 is 0 Å². The number of esters is 1. The summed E-state index contributed by atoms with van der Waals surface area (Å²) in [5.74, 6) is -0.0659. The summed E-state index contributed by atoms with van der Waals surface area (Å²) in [6.45, 7) is 2.32. The first kappa shape index (κ1) is 9.03. The molecule has 1 aliphatic rings. The molecule has 1 aliphatic heterocycles. The molecular weight excluding hydrogens is 158 g/mol. The fraction of sp³-hybridized carbons (Fsp3) is 0.750. The van der Waals surface area contributed by atoms with Crippen LogP contribution in [0.4, 0.5) is 0 Å². The Morgan fingerprint density at radius 1 is 1.67 bits per heavy atom. The van der Waals surface area contributed by atoms with Gasteiger partial charge in [0.1, 0.15) is 6.54 Å². The number of carbonyl (C=O) groups is 1. The Bertz CT molecular complexity index is 218. The van der Waals surface area contributed by atoms with Crippen molar-refractivity contribution in [1.82, 2.24) is 0 Å². The summed E-state index contributed by atoms with van der Waals surface area (Å²) >= 11 is 0. The van der Waals surface area contributed by atoms with Gasteiger partial charge in [0.05, 0.1) is 14.0 Å². The van der Waals surface area contributed by atoms with Gasteiger partial charge in [0.15, 0.2) is 0 Å². The maximum atomic E-state index is 11.1. The lowest BCUT2D eigenvalue weighted by atomic mass is 10.2. The average molecular weight is 172 g/mol. The Kier molecular flexibility index (Phi) is 2.68.